The number of esters is 1. The second-order valence-electron chi connectivity index (χ2n) is 16.5. The van der Waals surface area contributed by atoms with Crippen LogP contribution in [0.15, 0.2) is 60.8 Å². The minimum atomic E-state index is -0.794. The summed E-state index contributed by atoms with van der Waals surface area (Å²) in [4.78, 5) is 26.1. The molecule has 0 aliphatic carbocycles. The maximum Gasteiger partial charge on any atom is 0.306 e. The quantitative estimate of drug-likeness (QED) is 0.0247. The van der Waals surface area contributed by atoms with Gasteiger partial charge in [-0.1, -0.05) is 210 Å². The smallest absolute Gasteiger partial charge is 0.306 e. The molecule has 3 unspecified atom stereocenters. The fourth-order valence-corrected chi connectivity index (χ4v) is 7.23. The lowest BCUT2D eigenvalue weighted by molar-refractivity contribution is -0.151. The first-order valence-electron chi connectivity index (χ1n) is 24.5. The number of ether oxygens (including phenoxy) is 1. The number of aliphatic hydroxyl groups excluding tert-OH is 2. The molecule has 0 saturated heterocycles. The third-order valence-corrected chi connectivity index (χ3v) is 10.9. The lowest BCUT2D eigenvalue weighted by Crippen LogP contribution is -2.46. The third-order valence-electron chi connectivity index (χ3n) is 10.9. The molecular weight excluding hydrogens is 719 g/mol. The van der Waals surface area contributed by atoms with Gasteiger partial charge in [-0.15, -0.1) is 0 Å². The van der Waals surface area contributed by atoms with E-state index < -0.39 is 18.2 Å². The molecule has 1 amide bonds. The van der Waals surface area contributed by atoms with Gasteiger partial charge in [-0.3, -0.25) is 9.59 Å². The fourth-order valence-electron chi connectivity index (χ4n) is 7.23. The Morgan fingerprint density at radius 2 is 1.02 bits per heavy atom. The molecule has 0 aromatic rings. The first-order valence-corrected chi connectivity index (χ1v) is 24.5. The molecule has 0 spiro atoms. The first kappa shape index (κ1) is 55.6. The molecule has 0 aliphatic heterocycles. The van der Waals surface area contributed by atoms with Crippen molar-refractivity contribution < 1.29 is 24.5 Å². The topological polar surface area (TPSA) is 95.9 Å². The van der Waals surface area contributed by atoms with E-state index in [1.165, 1.54) is 96.3 Å². The number of allylic oxidation sites excluding steroid dienone is 10. The molecule has 336 valence electrons. The molecule has 3 atom stereocenters. The van der Waals surface area contributed by atoms with Gasteiger partial charge in [-0.25, -0.2) is 0 Å². The highest BCUT2D eigenvalue weighted by Gasteiger charge is 2.24. The van der Waals surface area contributed by atoms with Crippen molar-refractivity contribution in [3.8, 4) is 0 Å². The van der Waals surface area contributed by atoms with E-state index in [1.54, 1.807) is 0 Å². The molecule has 3 N–H and O–H groups in total. The maximum absolute atomic E-state index is 13.2. The van der Waals surface area contributed by atoms with Crippen LogP contribution in [-0.2, 0) is 14.3 Å². The summed E-state index contributed by atoms with van der Waals surface area (Å²) >= 11 is 0. The normalized spacial score (nSPS) is 13.8. The number of rotatable bonds is 43. The number of carbonyl (C=O) groups excluding carboxylic acids is 2. The van der Waals surface area contributed by atoms with Gasteiger partial charge in [-0.2, -0.15) is 0 Å². The van der Waals surface area contributed by atoms with E-state index in [9.17, 15) is 19.8 Å². The zero-order chi connectivity index (χ0) is 42.4. The number of hydrogen-bond donors (Lipinski definition) is 3. The molecule has 0 aliphatic rings. The number of hydrogen-bond acceptors (Lipinski definition) is 5. The van der Waals surface area contributed by atoms with Crippen molar-refractivity contribution in [2.45, 2.75) is 251 Å². The van der Waals surface area contributed by atoms with Crippen molar-refractivity contribution >= 4 is 11.9 Å². The molecule has 58 heavy (non-hydrogen) atoms. The second-order valence-corrected chi connectivity index (χ2v) is 16.5. The third kappa shape index (κ3) is 40.3. The van der Waals surface area contributed by atoms with Gasteiger partial charge in [0.1, 0.15) is 6.10 Å². The number of aliphatic hydroxyl groups is 2. The van der Waals surface area contributed by atoms with Crippen LogP contribution >= 0.6 is 0 Å². The molecule has 0 heterocycles. The Balaban J connectivity index is 4.60. The molecule has 0 aromatic heterocycles. The highest BCUT2D eigenvalue weighted by atomic mass is 16.5. The predicted octanol–water partition coefficient (Wildman–Crippen LogP) is 14.5. The van der Waals surface area contributed by atoms with Gasteiger partial charge in [0, 0.05) is 6.42 Å². The molecular formula is C52H93NO5. The van der Waals surface area contributed by atoms with E-state index >= 15 is 0 Å². The zero-order valence-corrected chi connectivity index (χ0v) is 38.2. The second kappa shape index (κ2) is 45.6. The van der Waals surface area contributed by atoms with Crippen LogP contribution in [0.2, 0.25) is 0 Å². The van der Waals surface area contributed by atoms with E-state index in [4.69, 9.17) is 4.74 Å². The van der Waals surface area contributed by atoms with Crippen LogP contribution in [0, 0.1) is 0 Å². The Morgan fingerprint density at radius 3 is 1.59 bits per heavy atom. The van der Waals surface area contributed by atoms with Crippen LogP contribution in [0.3, 0.4) is 0 Å². The Kier molecular flexibility index (Phi) is 43.7. The van der Waals surface area contributed by atoms with E-state index in [0.717, 1.165) is 89.9 Å². The van der Waals surface area contributed by atoms with Gasteiger partial charge in [0.2, 0.25) is 5.91 Å². The zero-order valence-electron chi connectivity index (χ0n) is 38.2. The van der Waals surface area contributed by atoms with E-state index in [2.05, 4.69) is 86.8 Å². The Bertz CT molecular complexity index is 1050. The SMILES string of the molecule is CC/C=C/C=C/C=C/CCCCCCCCCC(=O)OC(CCCCCCC/C=C/C/C=C/CC)CC(=O)NC(CO)C(O)CCCCCCCCCCCCCC. The van der Waals surface area contributed by atoms with Gasteiger partial charge in [0.05, 0.1) is 25.2 Å². The summed E-state index contributed by atoms with van der Waals surface area (Å²) in [6, 6.07) is -0.708. The molecule has 0 saturated carbocycles. The van der Waals surface area contributed by atoms with Crippen molar-refractivity contribution in [2.24, 2.45) is 0 Å². The van der Waals surface area contributed by atoms with Crippen LogP contribution < -0.4 is 5.32 Å². The van der Waals surface area contributed by atoms with Crippen molar-refractivity contribution in [2.75, 3.05) is 6.61 Å². The highest BCUT2D eigenvalue weighted by molar-refractivity contribution is 5.77. The van der Waals surface area contributed by atoms with Gasteiger partial charge in [0.15, 0.2) is 0 Å². The summed E-state index contributed by atoms with van der Waals surface area (Å²) in [6.45, 7) is 6.23. The summed E-state index contributed by atoms with van der Waals surface area (Å²) in [5.74, 6) is -0.502. The van der Waals surface area contributed by atoms with Crippen LogP contribution in [0.4, 0.5) is 0 Å². The molecule has 0 radical (unpaired) electrons. The van der Waals surface area contributed by atoms with Crippen LogP contribution in [0.5, 0.6) is 0 Å². The lowest BCUT2D eigenvalue weighted by atomic mass is 10.0. The van der Waals surface area contributed by atoms with Crippen LogP contribution in [0.1, 0.15) is 233 Å². The maximum atomic E-state index is 13.2. The summed E-state index contributed by atoms with van der Waals surface area (Å²) in [5, 5.41) is 23.7. The molecule has 0 fully saturated rings. The van der Waals surface area contributed by atoms with E-state index in [1.807, 2.05) is 0 Å². The number of amides is 1. The van der Waals surface area contributed by atoms with Crippen molar-refractivity contribution in [3.05, 3.63) is 60.8 Å². The van der Waals surface area contributed by atoms with Gasteiger partial charge < -0.3 is 20.3 Å². The number of nitrogens with one attached hydrogen (secondary N) is 1. The lowest BCUT2D eigenvalue weighted by Gasteiger charge is -2.24. The van der Waals surface area contributed by atoms with Crippen molar-refractivity contribution in [1.82, 2.24) is 5.32 Å². The number of carbonyl (C=O) groups is 2. The van der Waals surface area contributed by atoms with Crippen LogP contribution in [0.25, 0.3) is 0 Å². The van der Waals surface area contributed by atoms with E-state index in [-0.39, 0.29) is 24.9 Å². The Labute approximate surface area is 358 Å². The van der Waals surface area contributed by atoms with E-state index in [0.29, 0.717) is 19.3 Å². The van der Waals surface area contributed by atoms with Gasteiger partial charge >= 0.3 is 5.97 Å². The minimum absolute atomic E-state index is 0.0617. The molecule has 0 rings (SSSR count). The number of unbranched alkanes of at least 4 members (excludes halogenated alkanes) is 23. The van der Waals surface area contributed by atoms with Gasteiger partial charge in [-0.05, 0) is 70.6 Å². The fraction of sp³-hybridized carbons (Fsp3) is 0.769. The average Bonchev–Trinajstić information content (AvgIpc) is 3.22. The molecule has 0 bridgehead atoms. The standard InChI is InChI=1S/C52H93NO5/c1-4-7-10-13-16-19-22-25-26-27-30-33-36-39-42-45-52(57)58-48(43-40-37-34-31-28-23-20-17-14-11-8-5-2)46-51(56)53-49(47-54)50(55)44-41-38-35-32-29-24-21-18-15-12-9-6-3/h7-8,10-11,13,16-17,19-20,22,48-50,54-55H,4-6,9,12,14-15,18,21,23-47H2,1-3H3,(H,53,56)/b10-7+,11-8+,16-13+,20-17+,22-19+. The molecule has 6 nitrogen and oxygen atoms in total. The Hall–Kier alpha value is -2.44. The Morgan fingerprint density at radius 1 is 0.534 bits per heavy atom. The predicted molar refractivity (Wildman–Crippen MR) is 250 cm³/mol. The van der Waals surface area contributed by atoms with Crippen LogP contribution in [-0.4, -0.2) is 46.9 Å². The van der Waals surface area contributed by atoms with Crippen molar-refractivity contribution in [3.63, 3.8) is 0 Å². The molecule has 0 aromatic carbocycles. The molecule has 6 heteroatoms. The summed E-state index contributed by atoms with van der Waals surface area (Å²) in [5.41, 5.74) is 0. The van der Waals surface area contributed by atoms with Gasteiger partial charge in [0.25, 0.3) is 0 Å². The first-order chi connectivity index (χ1) is 28.5. The summed E-state index contributed by atoms with van der Waals surface area (Å²) in [6.07, 6.45) is 55.6. The van der Waals surface area contributed by atoms with Crippen molar-refractivity contribution in [1.29, 1.82) is 0 Å². The summed E-state index contributed by atoms with van der Waals surface area (Å²) < 4.78 is 5.91. The minimum Gasteiger partial charge on any atom is -0.462 e. The summed E-state index contributed by atoms with van der Waals surface area (Å²) in [7, 11) is 0. The highest BCUT2D eigenvalue weighted by Crippen LogP contribution is 2.18. The average molecular weight is 812 g/mol. The largest absolute Gasteiger partial charge is 0.462 e. The monoisotopic (exact) mass is 812 g/mol.